The monoisotopic (exact) mass is 450 g/mol. The molecule has 6 nitrogen and oxygen atoms in total. The number of amides is 2. The van der Waals surface area contributed by atoms with Crippen LogP contribution in [0.4, 0.5) is 0 Å². The second-order valence-electron chi connectivity index (χ2n) is 10.7. The van der Waals surface area contributed by atoms with Gasteiger partial charge in [0.25, 0.3) is 0 Å². The highest BCUT2D eigenvalue weighted by Crippen LogP contribution is 2.11. The minimum atomic E-state index is -0.0232. The Kier molecular flexibility index (Phi) is 16.8. The Morgan fingerprint density at radius 1 is 0.531 bits per heavy atom. The van der Waals surface area contributed by atoms with Crippen molar-refractivity contribution in [2.45, 2.75) is 120 Å². The van der Waals surface area contributed by atoms with Gasteiger partial charge in [0.2, 0.25) is 11.8 Å². The number of rotatable bonds is 17. The fraction of sp³-hybridized carbons (Fsp3) is 0.846. The molecule has 0 aliphatic heterocycles. The summed E-state index contributed by atoms with van der Waals surface area (Å²) < 4.78 is 0. The Hall–Kier alpha value is -1.72. The van der Waals surface area contributed by atoms with E-state index in [4.69, 9.17) is 0 Å². The van der Waals surface area contributed by atoms with Gasteiger partial charge in [0.05, 0.1) is 0 Å². The zero-order valence-electron chi connectivity index (χ0n) is 22.1. The molecule has 2 amide bonds. The predicted molar refractivity (Wildman–Crippen MR) is 137 cm³/mol. The number of unbranched alkanes of at least 4 members (excludes halogenated alkanes) is 3. The number of nitrogens with zero attached hydrogens (tertiary/aromatic N) is 2. The third-order valence-electron chi connectivity index (χ3n) is 4.81. The van der Waals surface area contributed by atoms with Gasteiger partial charge >= 0.3 is 0 Å². The van der Waals surface area contributed by atoms with Gasteiger partial charge in [-0.15, -0.1) is 0 Å². The van der Waals surface area contributed by atoms with Crippen molar-refractivity contribution in [2.24, 2.45) is 33.9 Å². The quantitative estimate of drug-likeness (QED) is 0.151. The lowest BCUT2D eigenvalue weighted by Gasteiger charge is -2.12. The largest absolute Gasteiger partial charge is 0.273 e. The van der Waals surface area contributed by atoms with Crippen LogP contribution in [0.2, 0.25) is 0 Å². The lowest BCUT2D eigenvalue weighted by Crippen LogP contribution is -2.21. The van der Waals surface area contributed by atoms with Gasteiger partial charge in [0.15, 0.2) is 0 Å². The van der Waals surface area contributed by atoms with E-state index in [1.54, 1.807) is 0 Å². The van der Waals surface area contributed by atoms with E-state index in [-0.39, 0.29) is 11.8 Å². The predicted octanol–water partition coefficient (Wildman–Crippen LogP) is 6.46. The van der Waals surface area contributed by atoms with Gasteiger partial charge in [0, 0.05) is 24.3 Å². The molecule has 0 aliphatic carbocycles. The van der Waals surface area contributed by atoms with Crippen LogP contribution in [0.1, 0.15) is 120 Å². The molecule has 0 aromatic heterocycles. The molecule has 186 valence electrons. The first kappa shape index (κ1) is 30.3. The summed E-state index contributed by atoms with van der Waals surface area (Å²) in [6.45, 7) is 17.3. The Morgan fingerprint density at radius 2 is 0.812 bits per heavy atom. The number of hydrogen-bond acceptors (Lipinski definition) is 4. The average molecular weight is 451 g/mol. The maximum atomic E-state index is 12.1. The van der Waals surface area contributed by atoms with Gasteiger partial charge in [-0.3, -0.25) is 9.59 Å². The lowest BCUT2D eigenvalue weighted by atomic mass is 9.99. The van der Waals surface area contributed by atoms with E-state index in [0.29, 0.717) is 36.5 Å². The highest BCUT2D eigenvalue weighted by molar-refractivity contribution is 5.87. The molecule has 2 N–H and O–H groups in total. The lowest BCUT2D eigenvalue weighted by molar-refractivity contribution is -0.122. The van der Waals surface area contributed by atoms with Crippen molar-refractivity contribution in [1.29, 1.82) is 0 Å². The second-order valence-corrected chi connectivity index (χ2v) is 10.7. The summed E-state index contributed by atoms with van der Waals surface area (Å²) in [6, 6.07) is 0. The van der Waals surface area contributed by atoms with Gasteiger partial charge in [0.1, 0.15) is 0 Å². The standard InChI is InChI=1S/C26H50N4O2/c1-19(2)15-23(16-20(3)4)27-29-25(31)13-11-9-10-12-14-26(32)30-28-24(17-21(5)6)18-22(7)8/h19-22H,9-18H2,1-8H3,(H,29,31)(H,30,32). The highest BCUT2D eigenvalue weighted by Gasteiger charge is 2.09. The van der Waals surface area contributed by atoms with Gasteiger partial charge in [-0.1, -0.05) is 68.2 Å². The van der Waals surface area contributed by atoms with Crippen LogP contribution in [-0.4, -0.2) is 23.2 Å². The van der Waals surface area contributed by atoms with Crippen molar-refractivity contribution in [2.75, 3.05) is 0 Å². The Balaban J connectivity index is 4.12. The minimum absolute atomic E-state index is 0.0232. The van der Waals surface area contributed by atoms with E-state index in [9.17, 15) is 9.59 Å². The van der Waals surface area contributed by atoms with E-state index < -0.39 is 0 Å². The van der Waals surface area contributed by atoms with E-state index >= 15 is 0 Å². The van der Waals surface area contributed by atoms with Crippen LogP contribution in [-0.2, 0) is 9.59 Å². The first-order valence-corrected chi connectivity index (χ1v) is 12.7. The molecule has 0 fully saturated rings. The molecule has 6 heteroatoms. The van der Waals surface area contributed by atoms with Crippen molar-refractivity contribution in [3.05, 3.63) is 0 Å². The maximum absolute atomic E-state index is 12.1. The normalized spacial score (nSPS) is 11.2. The average Bonchev–Trinajstić information content (AvgIpc) is 2.65. The van der Waals surface area contributed by atoms with Crippen LogP contribution in [0.5, 0.6) is 0 Å². The molecule has 0 saturated carbocycles. The molecule has 0 aromatic rings. The topological polar surface area (TPSA) is 82.9 Å². The molecule has 0 saturated heterocycles. The molecule has 0 bridgehead atoms. The molecule has 0 heterocycles. The Labute approximate surface area is 197 Å². The number of hydrazone groups is 2. The van der Waals surface area contributed by atoms with Crippen LogP contribution in [0.15, 0.2) is 10.2 Å². The van der Waals surface area contributed by atoms with Crippen LogP contribution >= 0.6 is 0 Å². The van der Waals surface area contributed by atoms with Crippen molar-refractivity contribution in [1.82, 2.24) is 10.9 Å². The van der Waals surface area contributed by atoms with Crippen LogP contribution in [0, 0.1) is 23.7 Å². The smallest absolute Gasteiger partial charge is 0.240 e. The summed E-state index contributed by atoms with van der Waals surface area (Å²) in [4.78, 5) is 24.1. The van der Waals surface area contributed by atoms with E-state index in [1.165, 1.54) is 0 Å². The number of carbonyl (C=O) groups excluding carboxylic acids is 2. The van der Waals surface area contributed by atoms with Gasteiger partial charge in [-0.05, 0) is 62.2 Å². The molecular formula is C26H50N4O2. The van der Waals surface area contributed by atoms with Gasteiger partial charge in [-0.2, -0.15) is 10.2 Å². The number of carbonyl (C=O) groups is 2. The van der Waals surface area contributed by atoms with Gasteiger partial charge < -0.3 is 0 Å². The summed E-state index contributed by atoms with van der Waals surface area (Å²) in [5.41, 5.74) is 7.60. The minimum Gasteiger partial charge on any atom is -0.273 e. The molecule has 0 atom stereocenters. The molecular weight excluding hydrogens is 400 g/mol. The first-order chi connectivity index (χ1) is 15.0. The van der Waals surface area contributed by atoms with E-state index in [1.807, 2.05) is 0 Å². The molecule has 0 unspecified atom stereocenters. The number of hydrogen-bond donors (Lipinski definition) is 2. The summed E-state index contributed by atoms with van der Waals surface area (Å²) in [7, 11) is 0. The van der Waals surface area contributed by atoms with Crippen molar-refractivity contribution in [3.8, 4) is 0 Å². The van der Waals surface area contributed by atoms with Gasteiger partial charge in [-0.25, -0.2) is 10.9 Å². The van der Waals surface area contributed by atoms with Crippen LogP contribution in [0.25, 0.3) is 0 Å². The number of nitrogens with one attached hydrogen (secondary N) is 2. The fourth-order valence-electron chi connectivity index (χ4n) is 3.55. The SMILES string of the molecule is CC(C)CC(CC(C)C)=NNC(=O)CCCCCCC(=O)NN=C(CC(C)C)CC(C)C. The summed E-state index contributed by atoms with van der Waals surface area (Å²) in [6.07, 6.45) is 8.13. The van der Waals surface area contributed by atoms with E-state index in [0.717, 1.165) is 62.8 Å². The molecule has 0 spiro atoms. The molecule has 0 rings (SSSR count). The fourth-order valence-corrected chi connectivity index (χ4v) is 3.55. The van der Waals surface area contributed by atoms with Crippen molar-refractivity contribution >= 4 is 23.2 Å². The Morgan fingerprint density at radius 3 is 1.06 bits per heavy atom. The third-order valence-corrected chi connectivity index (χ3v) is 4.81. The zero-order chi connectivity index (χ0) is 24.5. The molecule has 0 radical (unpaired) electrons. The summed E-state index contributed by atoms with van der Waals surface area (Å²) >= 11 is 0. The van der Waals surface area contributed by atoms with E-state index in [2.05, 4.69) is 76.4 Å². The van der Waals surface area contributed by atoms with Crippen molar-refractivity contribution in [3.63, 3.8) is 0 Å². The summed E-state index contributed by atoms with van der Waals surface area (Å²) in [5.74, 6) is 2.08. The maximum Gasteiger partial charge on any atom is 0.240 e. The van der Waals surface area contributed by atoms with Crippen LogP contribution < -0.4 is 10.9 Å². The Bertz CT molecular complexity index is 517. The second kappa shape index (κ2) is 17.8. The zero-order valence-corrected chi connectivity index (χ0v) is 22.1. The first-order valence-electron chi connectivity index (χ1n) is 12.7. The molecule has 0 aromatic carbocycles. The van der Waals surface area contributed by atoms with Crippen molar-refractivity contribution < 1.29 is 9.59 Å². The molecule has 0 aliphatic rings. The highest BCUT2D eigenvalue weighted by atomic mass is 16.2. The molecule has 32 heavy (non-hydrogen) atoms. The summed E-state index contributed by atoms with van der Waals surface area (Å²) in [5, 5.41) is 8.73. The third kappa shape index (κ3) is 19.0. The van der Waals surface area contributed by atoms with Crippen LogP contribution in [0.3, 0.4) is 0 Å².